The summed E-state index contributed by atoms with van der Waals surface area (Å²) in [5.41, 5.74) is 1.04. The lowest BCUT2D eigenvalue weighted by Crippen LogP contribution is -2.21. The standard InChI is InChI=1S/C17H24N4O/c1-20(2)16-7-6-14(11-19-16)17-18-8-9-21(17)15-5-3-4-13(10-15)12-22/h6-9,11,13,15,22H,3-5,10,12H2,1-2H3/t13-,15-/m1/s1. The van der Waals surface area contributed by atoms with E-state index in [0.717, 1.165) is 36.5 Å². The van der Waals surface area contributed by atoms with Crippen molar-refractivity contribution in [1.29, 1.82) is 0 Å². The van der Waals surface area contributed by atoms with E-state index < -0.39 is 0 Å². The first-order chi connectivity index (χ1) is 10.7. The summed E-state index contributed by atoms with van der Waals surface area (Å²) in [6, 6.07) is 4.52. The highest BCUT2D eigenvalue weighted by Crippen LogP contribution is 2.34. The summed E-state index contributed by atoms with van der Waals surface area (Å²) in [5.74, 6) is 2.34. The normalized spacial score (nSPS) is 21.8. The van der Waals surface area contributed by atoms with Gasteiger partial charge in [-0.05, 0) is 37.3 Å². The number of aliphatic hydroxyl groups excluding tert-OH is 1. The fourth-order valence-corrected chi connectivity index (χ4v) is 3.30. The van der Waals surface area contributed by atoms with Gasteiger partial charge in [-0.25, -0.2) is 9.97 Å². The highest BCUT2D eigenvalue weighted by molar-refractivity contribution is 5.57. The van der Waals surface area contributed by atoms with Crippen LogP contribution in [0.1, 0.15) is 31.7 Å². The van der Waals surface area contributed by atoms with Crippen LogP contribution >= 0.6 is 0 Å². The summed E-state index contributed by atoms with van der Waals surface area (Å²) in [4.78, 5) is 11.0. The van der Waals surface area contributed by atoms with Crippen molar-refractivity contribution in [3.05, 3.63) is 30.7 Å². The molecule has 2 aromatic rings. The molecule has 3 rings (SSSR count). The Balaban J connectivity index is 1.85. The second-order valence-corrected chi connectivity index (χ2v) is 6.33. The fraction of sp³-hybridized carbons (Fsp3) is 0.529. The van der Waals surface area contributed by atoms with Gasteiger partial charge in [0.1, 0.15) is 11.6 Å². The van der Waals surface area contributed by atoms with E-state index in [1.165, 1.54) is 6.42 Å². The zero-order valence-electron chi connectivity index (χ0n) is 13.3. The van der Waals surface area contributed by atoms with Gasteiger partial charge in [0.05, 0.1) is 0 Å². The molecule has 0 radical (unpaired) electrons. The first kappa shape index (κ1) is 15.0. The first-order valence-corrected chi connectivity index (χ1v) is 7.96. The van der Waals surface area contributed by atoms with Crippen molar-refractivity contribution in [3.63, 3.8) is 0 Å². The van der Waals surface area contributed by atoms with Crippen LogP contribution in [-0.4, -0.2) is 40.3 Å². The molecule has 2 aromatic heterocycles. The molecule has 118 valence electrons. The number of hydrogen-bond donors (Lipinski definition) is 1. The van der Waals surface area contributed by atoms with Gasteiger partial charge >= 0.3 is 0 Å². The van der Waals surface area contributed by atoms with E-state index in [1.54, 1.807) is 0 Å². The predicted molar refractivity (Wildman–Crippen MR) is 87.9 cm³/mol. The van der Waals surface area contributed by atoms with Crippen LogP contribution in [0.15, 0.2) is 30.7 Å². The quantitative estimate of drug-likeness (QED) is 0.943. The highest BCUT2D eigenvalue weighted by Gasteiger charge is 2.24. The smallest absolute Gasteiger partial charge is 0.141 e. The highest BCUT2D eigenvalue weighted by atomic mass is 16.3. The molecule has 1 aliphatic carbocycles. The molecule has 1 fully saturated rings. The number of pyridine rings is 1. The van der Waals surface area contributed by atoms with E-state index in [-0.39, 0.29) is 0 Å². The maximum atomic E-state index is 9.44. The molecule has 0 saturated heterocycles. The van der Waals surface area contributed by atoms with Crippen LogP contribution in [0.5, 0.6) is 0 Å². The van der Waals surface area contributed by atoms with Gasteiger partial charge in [-0.3, -0.25) is 0 Å². The van der Waals surface area contributed by atoms with Gasteiger partial charge in [-0.1, -0.05) is 6.42 Å². The van der Waals surface area contributed by atoms with Crippen molar-refractivity contribution < 1.29 is 5.11 Å². The lowest BCUT2D eigenvalue weighted by atomic mass is 9.86. The molecule has 1 N–H and O–H groups in total. The Morgan fingerprint density at radius 3 is 2.82 bits per heavy atom. The number of anilines is 1. The van der Waals surface area contributed by atoms with Crippen LogP contribution in [0, 0.1) is 5.92 Å². The van der Waals surface area contributed by atoms with Crippen LogP contribution in [0.3, 0.4) is 0 Å². The van der Waals surface area contributed by atoms with Crippen LogP contribution < -0.4 is 4.90 Å². The lowest BCUT2D eigenvalue weighted by molar-refractivity contribution is 0.163. The van der Waals surface area contributed by atoms with E-state index in [2.05, 4.69) is 26.8 Å². The molecule has 5 nitrogen and oxygen atoms in total. The fourth-order valence-electron chi connectivity index (χ4n) is 3.30. The number of hydrogen-bond acceptors (Lipinski definition) is 4. The second-order valence-electron chi connectivity index (χ2n) is 6.33. The molecule has 1 saturated carbocycles. The van der Waals surface area contributed by atoms with E-state index in [0.29, 0.717) is 18.6 Å². The zero-order chi connectivity index (χ0) is 15.5. The van der Waals surface area contributed by atoms with Crippen molar-refractivity contribution in [2.75, 3.05) is 25.6 Å². The van der Waals surface area contributed by atoms with Gasteiger partial charge in [0.15, 0.2) is 0 Å². The van der Waals surface area contributed by atoms with Gasteiger partial charge in [-0.2, -0.15) is 0 Å². The third-order valence-corrected chi connectivity index (χ3v) is 4.54. The van der Waals surface area contributed by atoms with Gasteiger partial charge < -0.3 is 14.6 Å². The molecule has 1 aliphatic rings. The Kier molecular flexibility index (Phi) is 4.43. The Morgan fingerprint density at radius 1 is 1.27 bits per heavy atom. The van der Waals surface area contributed by atoms with Crippen LogP contribution in [0.2, 0.25) is 0 Å². The van der Waals surface area contributed by atoms with Crippen LogP contribution in [0.4, 0.5) is 5.82 Å². The minimum atomic E-state index is 0.291. The van der Waals surface area contributed by atoms with E-state index in [1.807, 2.05) is 37.5 Å². The third-order valence-electron chi connectivity index (χ3n) is 4.54. The minimum Gasteiger partial charge on any atom is -0.396 e. The molecule has 2 heterocycles. The van der Waals surface area contributed by atoms with E-state index in [4.69, 9.17) is 0 Å². The van der Waals surface area contributed by atoms with Crippen molar-refractivity contribution in [3.8, 4) is 11.4 Å². The van der Waals surface area contributed by atoms with E-state index >= 15 is 0 Å². The Labute approximate surface area is 131 Å². The molecule has 0 spiro atoms. The molecule has 0 aliphatic heterocycles. The Bertz CT molecular complexity index is 605. The van der Waals surface area contributed by atoms with Crippen molar-refractivity contribution >= 4 is 5.82 Å². The molecule has 2 atom stereocenters. The molecule has 0 unspecified atom stereocenters. The molecule has 5 heteroatoms. The first-order valence-electron chi connectivity index (χ1n) is 7.96. The summed E-state index contributed by atoms with van der Waals surface area (Å²) in [7, 11) is 3.97. The van der Waals surface area contributed by atoms with E-state index in [9.17, 15) is 5.11 Å². The summed E-state index contributed by atoms with van der Waals surface area (Å²) in [6.07, 6.45) is 10.3. The Morgan fingerprint density at radius 2 is 2.14 bits per heavy atom. The lowest BCUT2D eigenvalue weighted by Gasteiger charge is -2.30. The summed E-state index contributed by atoms with van der Waals surface area (Å²) in [5, 5.41) is 9.44. The van der Waals surface area contributed by atoms with Gasteiger partial charge in [-0.15, -0.1) is 0 Å². The van der Waals surface area contributed by atoms with Crippen molar-refractivity contribution in [2.24, 2.45) is 5.92 Å². The predicted octanol–water partition coefficient (Wildman–Crippen LogP) is 2.73. The molecule has 0 bridgehead atoms. The number of nitrogens with zero attached hydrogens (tertiary/aromatic N) is 4. The second kappa shape index (κ2) is 6.48. The largest absolute Gasteiger partial charge is 0.396 e. The summed E-state index contributed by atoms with van der Waals surface area (Å²) >= 11 is 0. The number of imidazole rings is 1. The maximum absolute atomic E-state index is 9.44. The molecule has 22 heavy (non-hydrogen) atoms. The topological polar surface area (TPSA) is 54.2 Å². The summed E-state index contributed by atoms with van der Waals surface area (Å²) < 4.78 is 2.26. The molecule has 0 amide bonds. The van der Waals surface area contributed by atoms with Gasteiger partial charge in [0.2, 0.25) is 0 Å². The summed E-state index contributed by atoms with van der Waals surface area (Å²) in [6.45, 7) is 0.291. The van der Waals surface area contributed by atoms with Crippen molar-refractivity contribution in [2.45, 2.75) is 31.7 Å². The average Bonchev–Trinajstić information content (AvgIpc) is 3.04. The Hall–Kier alpha value is -1.88. The maximum Gasteiger partial charge on any atom is 0.141 e. The zero-order valence-corrected chi connectivity index (χ0v) is 13.3. The number of aliphatic hydroxyl groups is 1. The molecular formula is C17H24N4O. The SMILES string of the molecule is CN(C)c1ccc(-c2nccn2[C@@H]2CCC[C@@H](CO)C2)cn1. The number of rotatable bonds is 4. The monoisotopic (exact) mass is 300 g/mol. The van der Waals surface area contributed by atoms with Crippen LogP contribution in [0.25, 0.3) is 11.4 Å². The van der Waals surface area contributed by atoms with Gasteiger partial charge in [0, 0.05) is 50.9 Å². The average molecular weight is 300 g/mol. The minimum absolute atomic E-state index is 0.291. The number of aromatic nitrogens is 3. The molecular weight excluding hydrogens is 276 g/mol. The van der Waals surface area contributed by atoms with Gasteiger partial charge in [0.25, 0.3) is 0 Å². The molecule has 0 aromatic carbocycles. The third kappa shape index (κ3) is 2.99. The van der Waals surface area contributed by atoms with Crippen LogP contribution in [-0.2, 0) is 0 Å². The van der Waals surface area contributed by atoms with Crippen molar-refractivity contribution in [1.82, 2.24) is 14.5 Å².